The van der Waals surface area contributed by atoms with E-state index >= 15 is 0 Å². The summed E-state index contributed by atoms with van der Waals surface area (Å²) in [6.45, 7) is 7.10. The molecule has 0 unspecified atom stereocenters. The highest BCUT2D eigenvalue weighted by molar-refractivity contribution is 7.99. The van der Waals surface area contributed by atoms with Crippen molar-refractivity contribution in [1.82, 2.24) is 9.88 Å². The molecule has 0 aliphatic carbocycles. The molecule has 1 fully saturated rings. The van der Waals surface area contributed by atoms with Crippen molar-refractivity contribution in [1.29, 1.82) is 5.26 Å². The van der Waals surface area contributed by atoms with Crippen LogP contribution < -0.4 is 0 Å². The predicted octanol–water partition coefficient (Wildman–Crippen LogP) is 3.30. The summed E-state index contributed by atoms with van der Waals surface area (Å²) in [4.78, 5) is 18.0. The van der Waals surface area contributed by atoms with Crippen LogP contribution >= 0.6 is 11.8 Å². The third-order valence-electron chi connectivity index (χ3n) is 3.27. The van der Waals surface area contributed by atoms with Crippen LogP contribution in [0.3, 0.4) is 0 Å². The molecule has 1 aromatic rings. The molecule has 0 spiro atoms. The first-order valence-electron chi connectivity index (χ1n) is 7.34. The number of ether oxygens (including phenoxy) is 1. The lowest BCUT2D eigenvalue weighted by Crippen LogP contribution is -2.35. The average Bonchev–Trinajstić information content (AvgIpc) is 2.92. The van der Waals surface area contributed by atoms with Crippen LogP contribution in [-0.2, 0) is 4.74 Å². The van der Waals surface area contributed by atoms with Gasteiger partial charge in [0.25, 0.3) is 0 Å². The van der Waals surface area contributed by atoms with Gasteiger partial charge in [0.15, 0.2) is 0 Å². The number of aromatic nitrogens is 1. The minimum atomic E-state index is -0.453. The van der Waals surface area contributed by atoms with E-state index < -0.39 is 5.60 Å². The third kappa shape index (κ3) is 4.92. The van der Waals surface area contributed by atoms with Gasteiger partial charge in [-0.25, -0.2) is 9.78 Å². The predicted molar refractivity (Wildman–Crippen MR) is 85.6 cm³/mol. The summed E-state index contributed by atoms with van der Waals surface area (Å²) >= 11 is 1.63. The van der Waals surface area contributed by atoms with E-state index in [1.54, 1.807) is 35.0 Å². The molecule has 6 heteroatoms. The molecule has 2 rings (SSSR count). The van der Waals surface area contributed by atoms with Gasteiger partial charge in [0.1, 0.15) is 5.60 Å². The molecule has 0 saturated carbocycles. The summed E-state index contributed by atoms with van der Waals surface area (Å²) in [5, 5.41) is 9.74. The van der Waals surface area contributed by atoms with Gasteiger partial charge in [0.2, 0.25) is 0 Å². The van der Waals surface area contributed by atoms with Crippen LogP contribution in [0.2, 0.25) is 0 Å². The van der Waals surface area contributed by atoms with Gasteiger partial charge in [-0.2, -0.15) is 5.26 Å². The fourth-order valence-corrected chi connectivity index (χ4v) is 3.25. The number of amides is 1. The zero-order valence-corrected chi connectivity index (χ0v) is 14.0. The maximum absolute atomic E-state index is 12.0. The highest BCUT2D eigenvalue weighted by Gasteiger charge is 2.29. The Hall–Kier alpha value is -1.74. The van der Waals surface area contributed by atoms with Crippen LogP contribution in [0.4, 0.5) is 4.79 Å². The highest BCUT2D eigenvalue weighted by atomic mass is 32.2. The second-order valence-electron chi connectivity index (χ2n) is 6.39. The molecule has 1 aromatic heterocycles. The minimum Gasteiger partial charge on any atom is -0.444 e. The van der Waals surface area contributed by atoms with Crippen LogP contribution in [0.1, 0.15) is 32.8 Å². The normalized spacial score (nSPS) is 18.1. The molecule has 22 heavy (non-hydrogen) atoms. The Labute approximate surface area is 135 Å². The fraction of sp³-hybridized carbons (Fsp3) is 0.562. The monoisotopic (exact) mass is 319 g/mol. The van der Waals surface area contributed by atoms with Gasteiger partial charge >= 0.3 is 6.09 Å². The van der Waals surface area contributed by atoms with Crippen molar-refractivity contribution < 1.29 is 9.53 Å². The zero-order chi connectivity index (χ0) is 16.2. The molecule has 0 bridgehead atoms. The lowest BCUT2D eigenvalue weighted by Gasteiger charge is -2.24. The molecular formula is C16H21N3O2S. The number of likely N-dealkylation sites (tertiary alicyclic amines) is 1. The van der Waals surface area contributed by atoms with Crippen molar-refractivity contribution in [2.75, 3.05) is 18.8 Å². The van der Waals surface area contributed by atoms with Crippen molar-refractivity contribution in [3.05, 3.63) is 23.9 Å². The van der Waals surface area contributed by atoms with Gasteiger partial charge in [-0.3, -0.25) is 0 Å². The number of nitriles is 1. The number of thioether (sulfide) groups is 1. The molecule has 1 aliphatic heterocycles. The summed E-state index contributed by atoms with van der Waals surface area (Å²) in [5.41, 5.74) is 0.172. The molecule has 0 aromatic carbocycles. The maximum Gasteiger partial charge on any atom is 0.410 e. The molecule has 118 valence electrons. The Morgan fingerprint density at radius 3 is 3.05 bits per heavy atom. The van der Waals surface area contributed by atoms with E-state index in [-0.39, 0.29) is 6.09 Å². The first kappa shape index (κ1) is 16.6. The summed E-state index contributed by atoms with van der Waals surface area (Å²) < 4.78 is 5.39. The van der Waals surface area contributed by atoms with E-state index in [0.717, 1.165) is 30.3 Å². The van der Waals surface area contributed by atoms with Crippen molar-refractivity contribution in [2.45, 2.75) is 37.8 Å². The van der Waals surface area contributed by atoms with E-state index in [2.05, 4.69) is 11.1 Å². The fourth-order valence-electron chi connectivity index (χ4n) is 2.22. The van der Waals surface area contributed by atoms with Gasteiger partial charge in [0, 0.05) is 25.0 Å². The van der Waals surface area contributed by atoms with Crippen molar-refractivity contribution in [3.63, 3.8) is 0 Å². The third-order valence-corrected chi connectivity index (χ3v) is 4.43. The number of carbonyl (C=O) groups excluding carboxylic acids is 1. The van der Waals surface area contributed by atoms with E-state index in [1.165, 1.54) is 0 Å². The van der Waals surface area contributed by atoms with Crippen LogP contribution in [0.15, 0.2) is 23.4 Å². The van der Waals surface area contributed by atoms with Gasteiger partial charge in [0.05, 0.1) is 16.7 Å². The van der Waals surface area contributed by atoms with E-state index in [1.807, 2.05) is 20.8 Å². The van der Waals surface area contributed by atoms with Crippen molar-refractivity contribution in [2.24, 2.45) is 5.92 Å². The molecule has 1 aliphatic rings. The number of hydrogen-bond donors (Lipinski definition) is 0. The van der Waals surface area contributed by atoms with E-state index in [9.17, 15) is 4.79 Å². The van der Waals surface area contributed by atoms with Crippen LogP contribution in [0.25, 0.3) is 0 Å². The topological polar surface area (TPSA) is 66.2 Å². The summed E-state index contributed by atoms with van der Waals surface area (Å²) in [5.74, 6) is 1.33. The molecule has 1 saturated heterocycles. The molecule has 1 amide bonds. The quantitative estimate of drug-likeness (QED) is 0.800. The maximum atomic E-state index is 12.0. The summed E-state index contributed by atoms with van der Waals surface area (Å²) in [6, 6.07) is 5.61. The molecule has 0 N–H and O–H groups in total. The molecule has 5 nitrogen and oxygen atoms in total. The first-order chi connectivity index (χ1) is 10.4. The molecule has 2 heterocycles. The van der Waals surface area contributed by atoms with Gasteiger partial charge in [-0.05, 0) is 45.2 Å². The Balaban J connectivity index is 1.81. The largest absolute Gasteiger partial charge is 0.444 e. The lowest BCUT2D eigenvalue weighted by molar-refractivity contribution is 0.0289. The van der Waals surface area contributed by atoms with Gasteiger partial charge in [-0.15, -0.1) is 11.8 Å². The van der Waals surface area contributed by atoms with Crippen LogP contribution in [0, 0.1) is 17.2 Å². The van der Waals surface area contributed by atoms with Crippen molar-refractivity contribution >= 4 is 17.9 Å². The van der Waals surface area contributed by atoms with Gasteiger partial charge < -0.3 is 9.64 Å². The molecule has 1 atom stereocenters. The second-order valence-corrected chi connectivity index (χ2v) is 7.43. The summed E-state index contributed by atoms with van der Waals surface area (Å²) in [6.07, 6.45) is 2.40. The Kier molecular flexibility index (Phi) is 5.30. The smallest absolute Gasteiger partial charge is 0.410 e. The Bertz CT molecular complexity index is 577. The zero-order valence-electron chi connectivity index (χ0n) is 13.2. The van der Waals surface area contributed by atoms with Crippen LogP contribution in [-0.4, -0.2) is 40.4 Å². The minimum absolute atomic E-state index is 0.232. The SMILES string of the molecule is CC(C)(C)OC(=O)N1CC[C@H](CSc2cc(C#N)ccn2)C1. The van der Waals surface area contributed by atoms with E-state index in [4.69, 9.17) is 10.00 Å². The second kappa shape index (κ2) is 7.01. The highest BCUT2D eigenvalue weighted by Crippen LogP contribution is 2.26. The number of carbonyl (C=O) groups is 1. The number of pyridine rings is 1. The number of rotatable bonds is 3. The molecular weight excluding hydrogens is 298 g/mol. The van der Waals surface area contributed by atoms with E-state index in [0.29, 0.717) is 11.5 Å². The molecule has 0 radical (unpaired) electrons. The lowest BCUT2D eigenvalue weighted by atomic mass is 10.2. The Morgan fingerprint density at radius 2 is 2.36 bits per heavy atom. The standard InChI is InChI=1S/C16H21N3O2S/c1-16(2,3)21-15(20)19-7-5-13(10-19)11-22-14-8-12(9-17)4-6-18-14/h4,6,8,13H,5,7,10-11H2,1-3H3/t13-/m0/s1. The van der Waals surface area contributed by atoms with Gasteiger partial charge in [-0.1, -0.05) is 0 Å². The average molecular weight is 319 g/mol. The number of hydrogen-bond acceptors (Lipinski definition) is 5. The van der Waals surface area contributed by atoms with Crippen molar-refractivity contribution in [3.8, 4) is 6.07 Å². The Morgan fingerprint density at radius 1 is 1.59 bits per heavy atom. The number of nitrogens with zero attached hydrogens (tertiary/aromatic N) is 3. The summed E-state index contributed by atoms with van der Waals surface area (Å²) in [7, 11) is 0. The van der Waals surface area contributed by atoms with Crippen LogP contribution in [0.5, 0.6) is 0 Å². The first-order valence-corrected chi connectivity index (χ1v) is 8.33.